The van der Waals surface area contributed by atoms with Crippen LogP contribution in [0.2, 0.25) is 0 Å². The predicted octanol–water partition coefficient (Wildman–Crippen LogP) is 2.35. The Morgan fingerprint density at radius 1 is 1.44 bits per heavy atom. The molecule has 1 fully saturated rings. The monoisotopic (exact) mass is 219 g/mol. The highest BCUT2D eigenvalue weighted by atomic mass is 16.2. The minimum Gasteiger partial charge on any atom is -0.324 e. The molecule has 86 valence electrons. The first-order chi connectivity index (χ1) is 7.75. The van der Waals surface area contributed by atoms with Crippen molar-refractivity contribution < 1.29 is 4.79 Å². The van der Waals surface area contributed by atoms with Gasteiger partial charge in [-0.25, -0.2) is 9.78 Å². The summed E-state index contributed by atoms with van der Waals surface area (Å²) in [5, 5.41) is 2.80. The van der Waals surface area contributed by atoms with Gasteiger partial charge in [0.15, 0.2) is 0 Å². The average Bonchev–Trinajstić information content (AvgIpc) is 2.31. The lowest BCUT2D eigenvalue weighted by atomic mass is 10.00. The Kier molecular flexibility index (Phi) is 3.39. The van der Waals surface area contributed by atoms with Crippen LogP contribution in [0.25, 0.3) is 0 Å². The molecule has 1 aromatic heterocycles. The van der Waals surface area contributed by atoms with Crippen molar-refractivity contribution in [1.29, 1.82) is 0 Å². The Balaban J connectivity index is 1.89. The lowest BCUT2D eigenvalue weighted by Gasteiger charge is -2.30. The molecule has 0 radical (unpaired) electrons. The maximum Gasteiger partial charge on any atom is 0.323 e. The Morgan fingerprint density at radius 3 is 2.81 bits per heavy atom. The van der Waals surface area contributed by atoms with Gasteiger partial charge in [0.2, 0.25) is 0 Å². The van der Waals surface area contributed by atoms with E-state index in [1.54, 1.807) is 12.3 Å². The lowest BCUT2D eigenvalue weighted by Crippen LogP contribution is -2.40. The molecule has 2 heterocycles. The van der Waals surface area contributed by atoms with Crippen LogP contribution in [0.4, 0.5) is 10.6 Å². The molecule has 4 nitrogen and oxygen atoms in total. The minimum atomic E-state index is -0.0365. The summed E-state index contributed by atoms with van der Waals surface area (Å²) in [6.45, 7) is 3.92. The molecule has 2 rings (SSSR count). The highest BCUT2D eigenvalue weighted by molar-refractivity contribution is 5.88. The van der Waals surface area contributed by atoms with Crippen LogP contribution in [0.3, 0.4) is 0 Å². The number of pyridine rings is 1. The number of piperidine rings is 1. The van der Waals surface area contributed by atoms with Crippen LogP contribution in [-0.2, 0) is 0 Å². The van der Waals surface area contributed by atoms with Gasteiger partial charge in [0.1, 0.15) is 5.82 Å². The van der Waals surface area contributed by atoms with Gasteiger partial charge in [0.05, 0.1) is 0 Å². The number of aromatic nitrogens is 1. The molecule has 0 saturated carbocycles. The molecule has 0 aliphatic carbocycles. The quantitative estimate of drug-likeness (QED) is 0.788. The zero-order valence-corrected chi connectivity index (χ0v) is 9.52. The second kappa shape index (κ2) is 4.96. The number of hydrogen-bond donors (Lipinski definition) is 1. The standard InChI is InChI=1S/C12H17N3O/c1-10-5-8-15(9-6-10)12(16)14-11-4-2-3-7-13-11/h2-4,7,10H,5-6,8-9H2,1H3,(H,13,14,16). The van der Waals surface area contributed by atoms with Gasteiger partial charge in [-0.2, -0.15) is 0 Å². The molecule has 1 aliphatic rings. The van der Waals surface area contributed by atoms with Crippen LogP contribution in [0.5, 0.6) is 0 Å². The van der Waals surface area contributed by atoms with E-state index in [9.17, 15) is 4.79 Å². The number of nitrogens with one attached hydrogen (secondary N) is 1. The van der Waals surface area contributed by atoms with Crippen LogP contribution in [0.15, 0.2) is 24.4 Å². The van der Waals surface area contributed by atoms with E-state index in [4.69, 9.17) is 0 Å². The third-order valence-corrected chi connectivity index (χ3v) is 2.97. The fourth-order valence-corrected chi connectivity index (χ4v) is 1.84. The summed E-state index contributed by atoms with van der Waals surface area (Å²) in [4.78, 5) is 17.8. The number of carbonyl (C=O) groups excluding carboxylic acids is 1. The second-order valence-corrected chi connectivity index (χ2v) is 4.31. The summed E-state index contributed by atoms with van der Waals surface area (Å²) in [5.41, 5.74) is 0. The number of hydrogen-bond acceptors (Lipinski definition) is 2. The summed E-state index contributed by atoms with van der Waals surface area (Å²) < 4.78 is 0. The number of amides is 2. The first-order valence-corrected chi connectivity index (χ1v) is 5.72. The van der Waals surface area contributed by atoms with Crippen molar-refractivity contribution in [1.82, 2.24) is 9.88 Å². The van der Waals surface area contributed by atoms with Gasteiger partial charge in [-0.15, -0.1) is 0 Å². The van der Waals surface area contributed by atoms with E-state index in [2.05, 4.69) is 17.2 Å². The second-order valence-electron chi connectivity index (χ2n) is 4.31. The van der Waals surface area contributed by atoms with Gasteiger partial charge in [0.25, 0.3) is 0 Å². The van der Waals surface area contributed by atoms with Crippen LogP contribution in [0.1, 0.15) is 19.8 Å². The Morgan fingerprint density at radius 2 is 2.19 bits per heavy atom. The first-order valence-electron chi connectivity index (χ1n) is 5.72. The Labute approximate surface area is 95.7 Å². The highest BCUT2D eigenvalue weighted by Gasteiger charge is 2.20. The van der Waals surface area contributed by atoms with Gasteiger partial charge in [-0.1, -0.05) is 13.0 Å². The van der Waals surface area contributed by atoms with Crippen molar-refractivity contribution in [3.05, 3.63) is 24.4 Å². The molecule has 0 bridgehead atoms. The van der Waals surface area contributed by atoms with Crippen LogP contribution < -0.4 is 5.32 Å². The van der Waals surface area contributed by atoms with Crippen molar-refractivity contribution in [2.45, 2.75) is 19.8 Å². The Hall–Kier alpha value is -1.58. The molecule has 1 aromatic rings. The van der Waals surface area contributed by atoms with E-state index in [1.807, 2.05) is 17.0 Å². The normalized spacial score (nSPS) is 17.2. The summed E-state index contributed by atoms with van der Waals surface area (Å²) in [5.74, 6) is 1.35. The zero-order valence-electron chi connectivity index (χ0n) is 9.52. The molecule has 0 unspecified atom stereocenters. The maximum atomic E-state index is 11.8. The molecule has 1 saturated heterocycles. The van der Waals surface area contributed by atoms with E-state index < -0.39 is 0 Å². The third-order valence-electron chi connectivity index (χ3n) is 2.97. The number of rotatable bonds is 1. The van der Waals surface area contributed by atoms with Crippen molar-refractivity contribution in [3.63, 3.8) is 0 Å². The zero-order chi connectivity index (χ0) is 11.4. The lowest BCUT2D eigenvalue weighted by molar-refractivity contribution is 0.186. The van der Waals surface area contributed by atoms with Gasteiger partial charge < -0.3 is 4.90 Å². The molecule has 16 heavy (non-hydrogen) atoms. The molecule has 0 atom stereocenters. The van der Waals surface area contributed by atoms with Crippen LogP contribution >= 0.6 is 0 Å². The SMILES string of the molecule is CC1CCN(C(=O)Nc2ccccn2)CC1. The molecule has 1 aliphatic heterocycles. The topological polar surface area (TPSA) is 45.2 Å². The molecular weight excluding hydrogens is 202 g/mol. The van der Waals surface area contributed by atoms with Crippen LogP contribution in [0, 0.1) is 5.92 Å². The largest absolute Gasteiger partial charge is 0.324 e. The molecule has 2 amide bonds. The average molecular weight is 219 g/mol. The smallest absolute Gasteiger partial charge is 0.323 e. The van der Waals surface area contributed by atoms with E-state index >= 15 is 0 Å². The van der Waals surface area contributed by atoms with Gasteiger partial charge >= 0.3 is 6.03 Å². The summed E-state index contributed by atoms with van der Waals surface area (Å²) in [6, 6.07) is 5.45. The summed E-state index contributed by atoms with van der Waals surface area (Å²) in [7, 11) is 0. The molecular formula is C12H17N3O. The maximum absolute atomic E-state index is 11.8. The molecule has 4 heteroatoms. The number of anilines is 1. The molecule has 0 spiro atoms. The number of urea groups is 1. The van der Waals surface area contributed by atoms with E-state index in [0.717, 1.165) is 31.8 Å². The Bertz CT molecular complexity index is 345. The summed E-state index contributed by atoms with van der Waals surface area (Å²) >= 11 is 0. The van der Waals surface area contributed by atoms with Gasteiger partial charge in [0, 0.05) is 19.3 Å². The third kappa shape index (κ3) is 2.72. The van der Waals surface area contributed by atoms with E-state index in [0.29, 0.717) is 5.82 Å². The van der Waals surface area contributed by atoms with Gasteiger partial charge in [-0.3, -0.25) is 5.32 Å². The number of nitrogens with zero attached hydrogens (tertiary/aromatic N) is 2. The van der Waals surface area contributed by atoms with Crippen molar-refractivity contribution in [2.75, 3.05) is 18.4 Å². The van der Waals surface area contributed by atoms with Crippen molar-refractivity contribution in [3.8, 4) is 0 Å². The fraction of sp³-hybridized carbons (Fsp3) is 0.500. The number of carbonyl (C=O) groups is 1. The minimum absolute atomic E-state index is 0.0365. The molecule has 1 N–H and O–H groups in total. The fourth-order valence-electron chi connectivity index (χ4n) is 1.84. The molecule has 0 aromatic carbocycles. The van der Waals surface area contributed by atoms with Crippen molar-refractivity contribution >= 4 is 11.8 Å². The first kappa shape index (κ1) is 10.9. The van der Waals surface area contributed by atoms with E-state index in [-0.39, 0.29) is 6.03 Å². The van der Waals surface area contributed by atoms with E-state index in [1.165, 1.54) is 0 Å². The predicted molar refractivity (Wildman–Crippen MR) is 63.2 cm³/mol. The van der Waals surface area contributed by atoms with Crippen LogP contribution in [-0.4, -0.2) is 29.0 Å². The van der Waals surface area contributed by atoms with Gasteiger partial charge in [-0.05, 0) is 30.9 Å². The van der Waals surface area contributed by atoms with Crippen molar-refractivity contribution in [2.24, 2.45) is 5.92 Å². The number of likely N-dealkylation sites (tertiary alicyclic amines) is 1. The summed E-state index contributed by atoms with van der Waals surface area (Å²) in [6.07, 6.45) is 3.86. The highest BCUT2D eigenvalue weighted by Crippen LogP contribution is 2.16.